The Labute approximate surface area is 97.2 Å². The maximum Gasteiger partial charge on any atom is 0.0340 e. The van der Waals surface area contributed by atoms with Crippen LogP contribution in [0, 0.1) is 0 Å². The van der Waals surface area contributed by atoms with Gasteiger partial charge in [-0.25, -0.2) is 0 Å². The number of nitrogens with zero attached hydrogens (tertiary/aromatic N) is 1. The van der Waals surface area contributed by atoms with Crippen LogP contribution in [0.4, 0.5) is 0 Å². The third kappa shape index (κ3) is 2.20. The van der Waals surface area contributed by atoms with E-state index < -0.39 is 0 Å². The van der Waals surface area contributed by atoms with Gasteiger partial charge in [-0.05, 0) is 32.2 Å². The third-order valence-electron chi connectivity index (χ3n) is 4.26. The minimum atomic E-state index is 0.803. The maximum atomic E-state index is 3.90. The highest BCUT2D eigenvalue weighted by Gasteiger charge is 2.34. The topological polar surface area (TPSA) is 15.3 Å². The quantitative estimate of drug-likeness (QED) is 0.772. The molecule has 1 saturated carbocycles. The largest absolute Gasteiger partial charge is 0.310 e. The van der Waals surface area contributed by atoms with Crippen LogP contribution in [0.1, 0.15) is 32.1 Å². The molecule has 0 aromatic rings. The molecule has 2 atom stereocenters. The average molecular weight is 226 g/mol. The Morgan fingerprint density at radius 1 is 1.07 bits per heavy atom. The molecule has 2 heterocycles. The number of rotatable bonds is 2. The Balaban J connectivity index is 1.59. The fourth-order valence-electron chi connectivity index (χ4n) is 3.08. The summed E-state index contributed by atoms with van der Waals surface area (Å²) >= 11 is 2.16. The van der Waals surface area contributed by atoms with Gasteiger partial charge in [0.05, 0.1) is 0 Å². The van der Waals surface area contributed by atoms with E-state index in [9.17, 15) is 0 Å². The average Bonchev–Trinajstić information content (AvgIpc) is 2.23. The van der Waals surface area contributed by atoms with Crippen molar-refractivity contribution in [1.29, 1.82) is 0 Å². The van der Waals surface area contributed by atoms with Crippen LogP contribution in [-0.4, -0.2) is 47.6 Å². The molecule has 1 N–H and O–H groups in total. The molecule has 0 aromatic carbocycles. The van der Waals surface area contributed by atoms with Gasteiger partial charge in [0, 0.05) is 36.2 Å². The monoisotopic (exact) mass is 226 g/mol. The van der Waals surface area contributed by atoms with Crippen molar-refractivity contribution in [1.82, 2.24) is 10.2 Å². The van der Waals surface area contributed by atoms with Gasteiger partial charge >= 0.3 is 0 Å². The van der Waals surface area contributed by atoms with Crippen molar-refractivity contribution < 1.29 is 0 Å². The van der Waals surface area contributed by atoms with E-state index >= 15 is 0 Å². The highest BCUT2D eigenvalue weighted by molar-refractivity contribution is 7.99. The first-order valence-corrected chi connectivity index (χ1v) is 7.67. The number of nitrogens with one attached hydrogen (secondary N) is 1. The summed E-state index contributed by atoms with van der Waals surface area (Å²) in [5.41, 5.74) is 0. The second-order valence-electron chi connectivity index (χ2n) is 5.22. The van der Waals surface area contributed by atoms with Gasteiger partial charge in [0.15, 0.2) is 0 Å². The number of piperidine rings is 1. The summed E-state index contributed by atoms with van der Waals surface area (Å²) < 4.78 is 0. The van der Waals surface area contributed by atoms with Crippen molar-refractivity contribution in [2.45, 2.75) is 50.2 Å². The van der Waals surface area contributed by atoms with Crippen LogP contribution in [0.3, 0.4) is 0 Å². The van der Waals surface area contributed by atoms with Crippen molar-refractivity contribution in [2.24, 2.45) is 0 Å². The van der Waals surface area contributed by atoms with Gasteiger partial charge in [-0.15, -0.1) is 0 Å². The lowest BCUT2D eigenvalue weighted by atomic mass is 9.89. The summed E-state index contributed by atoms with van der Waals surface area (Å²) in [6, 6.07) is 2.51. The van der Waals surface area contributed by atoms with Gasteiger partial charge in [-0.3, -0.25) is 4.90 Å². The van der Waals surface area contributed by atoms with Crippen LogP contribution < -0.4 is 5.32 Å². The van der Waals surface area contributed by atoms with Gasteiger partial charge in [-0.2, -0.15) is 11.8 Å². The molecule has 2 unspecified atom stereocenters. The lowest BCUT2D eigenvalue weighted by Gasteiger charge is -2.46. The molecule has 86 valence electrons. The second kappa shape index (κ2) is 4.64. The smallest absolute Gasteiger partial charge is 0.0340 e. The van der Waals surface area contributed by atoms with Gasteiger partial charge < -0.3 is 5.32 Å². The molecule has 0 aromatic heterocycles. The third-order valence-corrected chi connectivity index (χ3v) is 5.31. The van der Waals surface area contributed by atoms with Crippen LogP contribution in [0.5, 0.6) is 0 Å². The van der Waals surface area contributed by atoms with Crippen molar-refractivity contribution >= 4 is 11.8 Å². The van der Waals surface area contributed by atoms with E-state index in [2.05, 4.69) is 22.0 Å². The molecule has 3 fully saturated rings. The van der Waals surface area contributed by atoms with E-state index in [-0.39, 0.29) is 0 Å². The first-order chi connectivity index (χ1) is 7.43. The number of fused-ring (bicyclic) bond motifs is 1. The van der Waals surface area contributed by atoms with Gasteiger partial charge in [-0.1, -0.05) is 6.42 Å². The molecular formula is C12H22N2S. The molecule has 2 nitrogen and oxygen atoms in total. The summed E-state index contributed by atoms with van der Waals surface area (Å²) in [6.45, 7) is 2.69. The van der Waals surface area contributed by atoms with E-state index in [0.717, 1.165) is 18.1 Å². The summed E-state index contributed by atoms with van der Waals surface area (Å²) in [4.78, 5) is 2.73. The van der Waals surface area contributed by atoms with E-state index in [1.807, 2.05) is 0 Å². The SMILES string of the molecule is C1CC(NC2CCCN3CCSCC23)C1. The van der Waals surface area contributed by atoms with Gasteiger partial charge in [0.1, 0.15) is 0 Å². The molecule has 3 aliphatic rings. The van der Waals surface area contributed by atoms with Crippen LogP contribution in [0.25, 0.3) is 0 Å². The van der Waals surface area contributed by atoms with Crippen LogP contribution in [0.15, 0.2) is 0 Å². The molecule has 0 radical (unpaired) electrons. The van der Waals surface area contributed by atoms with E-state index in [1.54, 1.807) is 0 Å². The summed E-state index contributed by atoms with van der Waals surface area (Å²) in [7, 11) is 0. The number of thioether (sulfide) groups is 1. The molecule has 3 rings (SSSR count). The summed E-state index contributed by atoms with van der Waals surface area (Å²) in [6.07, 6.45) is 7.13. The summed E-state index contributed by atoms with van der Waals surface area (Å²) in [5.74, 6) is 2.72. The van der Waals surface area contributed by atoms with Crippen LogP contribution in [0.2, 0.25) is 0 Å². The molecule has 2 saturated heterocycles. The van der Waals surface area contributed by atoms with Crippen molar-refractivity contribution in [3.8, 4) is 0 Å². The first kappa shape index (κ1) is 10.4. The zero-order chi connectivity index (χ0) is 10.1. The highest BCUT2D eigenvalue weighted by atomic mass is 32.2. The predicted molar refractivity (Wildman–Crippen MR) is 66.5 cm³/mol. The maximum absolute atomic E-state index is 3.90. The molecule has 15 heavy (non-hydrogen) atoms. The van der Waals surface area contributed by atoms with Gasteiger partial charge in [0.2, 0.25) is 0 Å². The minimum Gasteiger partial charge on any atom is -0.310 e. The summed E-state index contributed by atoms with van der Waals surface area (Å²) in [5, 5.41) is 3.90. The fourth-order valence-corrected chi connectivity index (χ4v) is 4.30. The van der Waals surface area contributed by atoms with Crippen molar-refractivity contribution in [2.75, 3.05) is 24.6 Å². The first-order valence-electron chi connectivity index (χ1n) is 6.51. The standard InChI is InChI=1S/C12H22N2S/c1-3-10(4-1)13-11-5-2-6-14-7-8-15-9-12(11)14/h10-13H,1-9H2. The Bertz CT molecular complexity index is 216. The van der Waals surface area contributed by atoms with Crippen molar-refractivity contribution in [3.05, 3.63) is 0 Å². The van der Waals surface area contributed by atoms with Crippen LogP contribution >= 0.6 is 11.8 Å². The Morgan fingerprint density at radius 2 is 2.00 bits per heavy atom. The molecule has 3 heteroatoms. The molecular weight excluding hydrogens is 204 g/mol. The fraction of sp³-hybridized carbons (Fsp3) is 1.00. The lowest BCUT2D eigenvalue weighted by Crippen LogP contribution is -2.59. The molecule has 2 aliphatic heterocycles. The minimum absolute atomic E-state index is 0.803. The van der Waals surface area contributed by atoms with E-state index in [1.165, 1.54) is 56.7 Å². The lowest BCUT2D eigenvalue weighted by molar-refractivity contribution is 0.114. The van der Waals surface area contributed by atoms with Gasteiger partial charge in [0.25, 0.3) is 0 Å². The Hall–Kier alpha value is 0.270. The number of hydrogen-bond acceptors (Lipinski definition) is 3. The Kier molecular flexibility index (Phi) is 3.23. The molecule has 0 bridgehead atoms. The molecule has 0 spiro atoms. The normalized spacial score (nSPS) is 38.4. The zero-order valence-electron chi connectivity index (χ0n) is 9.45. The molecule has 1 aliphatic carbocycles. The number of hydrogen-bond donors (Lipinski definition) is 1. The predicted octanol–water partition coefficient (Wildman–Crippen LogP) is 1.71. The van der Waals surface area contributed by atoms with Crippen molar-refractivity contribution in [3.63, 3.8) is 0 Å². The Morgan fingerprint density at radius 3 is 2.80 bits per heavy atom. The highest BCUT2D eigenvalue weighted by Crippen LogP contribution is 2.28. The van der Waals surface area contributed by atoms with E-state index in [4.69, 9.17) is 0 Å². The second-order valence-corrected chi connectivity index (χ2v) is 6.37. The zero-order valence-corrected chi connectivity index (χ0v) is 10.3. The van der Waals surface area contributed by atoms with E-state index in [0.29, 0.717) is 0 Å². The molecule has 0 amide bonds. The van der Waals surface area contributed by atoms with Crippen LogP contribution in [-0.2, 0) is 0 Å².